The largest absolute Gasteiger partial charge is 0.507 e. The van der Waals surface area contributed by atoms with Crippen LogP contribution >= 0.6 is 11.6 Å². The van der Waals surface area contributed by atoms with Crippen molar-refractivity contribution in [3.63, 3.8) is 0 Å². The molecule has 0 saturated heterocycles. The topological polar surface area (TPSA) is 85.6 Å². The molecule has 0 unspecified atom stereocenters. The Kier molecular flexibility index (Phi) is 6.32. The first kappa shape index (κ1) is 21.3. The number of benzene rings is 2. The number of hydrogen-bond donors (Lipinski definition) is 1. The van der Waals surface area contributed by atoms with Gasteiger partial charge in [-0.2, -0.15) is 0 Å². The van der Waals surface area contributed by atoms with Crippen molar-refractivity contribution in [3.05, 3.63) is 86.9 Å². The van der Waals surface area contributed by atoms with Crippen molar-refractivity contribution in [2.24, 2.45) is 0 Å². The normalized spacial score (nSPS) is 11.5. The molecule has 1 heterocycles. The van der Waals surface area contributed by atoms with E-state index in [1.54, 1.807) is 24.3 Å². The lowest BCUT2D eigenvalue weighted by molar-refractivity contribution is -0.151. The van der Waals surface area contributed by atoms with E-state index in [2.05, 4.69) is 4.74 Å². The van der Waals surface area contributed by atoms with E-state index in [4.69, 9.17) is 11.6 Å². The van der Waals surface area contributed by atoms with Crippen LogP contribution in [0, 0.1) is 5.82 Å². The molecule has 8 heteroatoms. The highest BCUT2D eigenvalue weighted by Crippen LogP contribution is 2.21. The third-order valence-corrected chi connectivity index (χ3v) is 4.60. The molecule has 0 fully saturated rings. The molecule has 0 saturated carbocycles. The standard InChI is InChI=1S/C22H17ClFNO5/c1-2-30-22(29)20(27)10-19(26)16-12-25(11-13-5-3-4-6-17(13)24)18-9-14(23)7-8-15(18)21(16)28/h3-10,12,26H,2,11H2,1H3/b19-10-. The van der Waals surface area contributed by atoms with Gasteiger partial charge in [-0.15, -0.1) is 0 Å². The van der Waals surface area contributed by atoms with Crippen LogP contribution in [-0.4, -0.2) is 28.0 Å². The zero-order valence-electron chi connectivity index (χ0n) is 15.9. The first-order chi connectivity index (χ1) is 14.3. The van der Waals surface area contributed by atoms with E-state index >= 15 is 0 Å². The summed E-state index contributed by atoms with van der Waals surface area (Å²) in [5.74, 6) is -3.39. The molecule has 0 aliphatic rings. The van der Waals surface area contributed by atoms with Crippen LogP contribution in [0.2, 0.25) is 5.02 Å². The first-order valence-corrected chi connectivity index (χ1v) is 9.37. The number of rotatable bonds is 6. The van der Waals surface area contributed by atoms with E-state index < -0.39 is 28.8 Å². The predicted octanol–water partition coefficient (Wildman–Crippen LogP) is 3.87. The molecule has 0 aliphatic heterocycles. The van der Waals surface area contributed by atoms with Crippen LogP contribution < -0.4 is 5.43 Å². The summed E-state index contributed by atoms with van der Waals surface area (Å²) in [7, 11) is 0. The van der Waals surface area contributed by atoms with Crippen LogP contribution in [-0.2, 0) is 20.9 Å². The molecule has 3 rings (SSSR count). The number of hydrogen-bond acceptors (Lipinski definition) is 5. The number of esters is 1. The zero-order chi connectivity index (χ0) is 21.8. The molecule has 0 amide bonds. The molecule has 0 spiro atoms. The molecule has 6 nitrogen and oxygen atoms in total. The Bertz CT molecular complexity index is 1230. The van der Waals surface area contributed by atoms with Crippen LogP contribution in [0.5, 0.6) is 0 Å². The minimum atomic E-state index is -1.15. The summed E-state index contributed by atoms with van der Waals surface area (Å²) in [6.07, 6.45) is 1.92. The highest BCUT2D eigenvalue weighted by molar-refractivity contribution is 6.39. The molecule has 3 aromatic rings. The van der Waals surface area contributed by atoms with Gasteiger partial charge in [-0.25, -0.2) is 9.18 Å². The van der Waals surface area contributed by atoms with E-state index in [0.29, 0.717) is 22.2 Å². The molecule has 0 radical (unpaired) electrons. The maximum absolute atomic E-state index is 14.2. The lowest BCUT2D eigenvalue weighted by Gasteiger charge is -2.14. The molecule has 0 bridgehead atoms. The van der Waals surface area contributed by atoms with E-state index in [1.165, 1.54) is 35.9 Å². The molecule has 1 N–H and O–H groups in total. The van der Waals surface area contributed by atoms with Crippen LogP contribution in [0.4, 0.5) is 4.39 Å². The summed E-state index contributed by atoms with van der Waals surface area (Å²) in [6, 6.07) is 10.7. The molecule has 154 valence electrons. The van der Waals surface area contributed by atoms with E-state index in [1.807, 2.05) is 0 Å². The number of ketones is 1. The zero-order valence-corrected chi connectivity index (χ0v) is 16.6. The number of nitrogens with zero attached hydrogens (tertiary/aromatic N) is 1. The third-order valence-electron chi connectivity index (χ3n) is 4.36. The second-order valence-electron chi connectivity index (χ2n) is 6.37. The van der Waals surface area contributed by atoms with E-state index in [9.17, 15) is 23.9 Å². The lowest BCUT2D eigenvalue weighted by Crippen LogP contribution is -2.18. The summed E-state index contributed by atoms with van der Waals surface area (Å²) >= 11 is 6.07. The fourth-order valence-corrected chi connectivity index (χ4v) is 3.12. The summed E-state index contributed by atoms with van der Waals surface area (Å²) in [4.78, 5) is 36.3. The van der Waals surface area contributed by atoms with Gasteiger partial charge in [0.05, 0.1) is 24.2 Å². The van der Waals surface area contributed by atoms with Gasteiger partial charge in [-0.1, -0.05) is 29.8 Å². The average molecular weight is 430 g/mol. The smallest absolute Gasteiger partial charge is 0.379 e. The Labute approximate surface area is 175 Å². The fraction of sp³-hybridized carbons (Fsp3) is 0.136. The number of aliphatic hydroxyl groups excluding tert-OH is 1. The number of fused-ring (bicyclic) bond motifs is 1. The lowest BCUT2D eigenvalue weighted by atomic mass is 10.1. The number of pyridine rings is 1. The molecule has 0 atom stereocenters. The predicted molar refractivity (Wildman–Crippen MR) is 111 cm³/mol. The average Bonchev–Trinajstić information content (AvgIpc) is 2.71. The van der Waals surface area contributed by atoms with Gasteiger partial charge in [-0.3, -0.25) is 9.59 Å². The van der Waals surface area contributed by atoms with Gasteiger partial charge in [0.2, 0.25) is 0 Å². The van der Waals surface area contributed by atoms with Gasteiger partial charge in [0.25, 0.3) is 5.78 Å². The SMILES string of the molecule is CCOC(=O)C(=O)/C=C(\O)c1cn(Cc2ccccc2F)c2cc(Cl)ccc2c1=O. The summed E-state index contributed by atoms with van der Waals surface area (Å²) in [5.41, 5.74) is -0.0286. The van der Waals surface area contributed by atoms with Crippen LogP contribution in [0.15, 0.2) is 59.5 Å². The number of aliphatic hydroxyl groups is 1. The quantitative estimate of drug-likeness (QED) is 0.278. The third kappa shape index (κ3) is 4.41. The molecule has 30 heavy (non-hydrogen) atoms. The molecule has 0 aliphatic carbocycles. The maximum atomic E-state index is 14.2. The number of carbonyl (C=O) groups excluding carboxylic acids is 2. The van der Waals surface area contributed by atoms with E-state index in [0.717, 1.165) is 0 Å². The fourth-order valence-electron chi connectivity index (χ4n) is 2.95. The van der Waals surface area contributed by atoms with Crippen LogP contribution in [0.25, 0.3) is 16.7 Å². The number of aromatic nitrogens is 1. The van der Waals surface area contributed by atoms with Crippen molar-refractivity contribution in [2.45, 2.75) is 13.5 Å². The Morgan fingerprint density at radius 1 is 1.23 bits per heavy atom. The Balaban J connectivity index is 2.16. The van der Waals surface area contributed by atoms with Gasteiger partial charge >= 0.3 is 5.97 Å². The summed E-state index contributed by atoms with van der Waals surface area (Å²) < 4.78 is 20.3. The van der Waals surface area contributed by atoms with Gasteiger partial charge < -0.3 is 14.4 Å². The van der Waals surface area contributed by atoms with Gasteiger partial charge in [0.15, 0.2) is 5.43 Å². The first-order valence-electron chi connectivity index (χ1n) is 9.00. The highest BCUT2D eigenvalue weighted by atomic mass is 35.5. The maximum Gasteiger partial charge on any atom is 0.379 e. The Hall–Kier alpha value is -3.45. The number of ether oxygens (including phenoxy) is 1. The van der Waals surface area contributed by atoms with Crippen molar-refractivity contribution in [1.82, 2.24) is 4.57 Å². The van der Waals surface area contributed by atoms with Crippen LogP contribution in [0.3, 0.4) is 0 Å². The van der Waals surface area contributed by atoms with Gasteiger partial charge in [-0.05, 0) is 31.2 Å². The molecular weight excluding hydrogens is 413 g/mol. The molecular formula is C22H17ClFNO5. The summed E-state index contributed by atoms with van der Waals surface area (Å²) in [5, 5.41) is 10.9. The van der Waals surface area contributed by atoms with Crippen molar-refractivity contribution in [2.75, 3.05) is 6.61 Å². The monoisotopic (exact) mass is 429 g/mol. The second-order valence-corrected chi connectivity index (χ2v) is 6.80. The Morgan fingerprint density at radius 2 is 1.97 bits per heavy atom. The van der Waals surface area contributed by atoms with Crippen LogP contribution in [0.1, 0.15) is 18.1 Å². The van der Waals surface area contributed by atoms with Crippen molar-refractivity contribution in [3.8, 4) is 0 Å². The summed E-state index contributed by atoms with van der Waals surface area (Å²) in [6.45, 7) is 1.56. The number of halogens is 2. The van der Waals surface area contributed by atoms with Crippen molar-refractivity contribution < 1.29 is 23.8 Å². The molecule has 2 aromatic carbocycles. The minimum absolute atomic E-state index is 0.00858. The Morgan fingerprint density at radius 3 is 2.67 bits per heavy atom. The number of carbonyl (C=O) groups is 2. The van der Waals surface area contributed by atoms with Gasteiger partial charge in [0, 0.05) is 28.2 Å². The minimum Gasteiger partial charge on any atom is -0.507 e. The van der Waals surface area contributed by atoms with E-state index in [-0.39, 0.29) is 24.1 Å². The van der Waals surface area contributed by atoms with Crippen molar-refractivity contribution >= 4 is 40.0 Å². The highest BCUT2D eigenvalue weighted by Gasteiger charge is 2.18. The second kappa shape index (κ2) is 8.92. The van der Waals surface area contributed by atoms with Gasteiger partial charge in [0.1, 0.15) is 11.6 Å². The molecule has 1 aromatic heterocycles. The van der Waals surface area contributed by atoms with Crippen molar-refractivity contribution in [1.29, 1.82) is 0 Å².